The second-order valence-electron chi connectivity index (χ2n) is 5.84. The fraction of sp³-hybridized carbons (Fsp3) is 0.625. The van der Waals surface area contributed by atoms with E-state index in [4.69, 9.17) is 4.52 Å². The highest BCUT2D eigenvalue weighted by Gasteiger charge is 2.32. The second kappa shape index (κ2) is 6.43. The molecule has 1 N–H and O–H groups in total. The molecule has 0 saturated heterocycles. The SMILES string of the molecule is CCCc1nc(Cn2ccc(C(NCC)C3CC3)c2)no1. The van der Waals surface area contributed by atoms with Crippen LogP contribution in [0.15, 0.2) is 23.0 Å². The molecule has 0 bridgehead atoms. The van der Waals surface area contributed by atoms with Crippen LogP contribution in [0, 0.1) is 5.92 Å². The fourth-order valence-corrected chi connectivity index (χ4v) is 2.78. The molecule has 1 saturated carbocycles. The van der Waals surface area contributed by atoms with Crippen molar-refractivity contribution >= 4 is 0 Å². The van der Waals surface area contributed by atoms with E-state index in [2.05, 4.69) is 52.3 Å². The van der Waals surface area contributed by atoms with Crippen molar-refractivity contribution in [3.63, 3.8) is 0 Å². The Labute approximate surface area is 125 Å². The summed E-state index contributed by atoms with van der Waals surface area (Å²) >= 11 is 0. The highest BCUT2D eigenvalue weighted by Crippen LogP contribution is 2.41. The summed E-state index contributed by atoms with van der Waals surface area (Å²) in [6.45, 7) is 5.97. The standard InChI is InChI=1S/C16H24N4O/c1-3-5-15-18-14(19-21-15)11-20-9-8-13(10-20)16(17-4-2)12-6-7-12/h8-10,12,16-17H,3-7,11H2,1-2H3. The summed E-state index contributed by atoms with van der Waals surface area (Å²) in [6, 6.07) is 2.70. The molecule has 114 valence electrons. The minimum Gasteiger partial charge on any atom is -0.346 e. The first kappa shape index (κ1) is 14.3. The molecule has 0 amide bonds. The number of hydrogen-bond acceptors (Lipinski definition) is 4. The molecule has 0 radical (unpaired) electrons. The van der Waals surface area contributed by atoms with E-state index in [0.717, 1.165) is 37.0 Å². The van der Waals surface area contributed by atoms with Gasteiger partial charge in [-0.3, -0.25) is 0 Å². The van der Waals surface area contributed by atoms with Crippen molar-refractivity contribution in [2.24, 2.45) is 5.92 Å². The average Bonchev–Trinajstić information content (AvgIpc) is 3.06. The van der Waals surface area contributed by atoms with E-state index in [-0.39, 0.29) is 0 Å². The van der Waals surface area contributed by atoms with Gasteiger partial charge in [-0.1, -0.05) is 19.0 Å². The summed E-state index contributed by atoms with van der Waals surface area (Å²) in [6.07, 6.45) is 8.89. The summed E-state index contributed by atoms with van der Waals surface area (Å²) in [7, 11) is 0. The van der Waals surface area contributed by atoms with Crippen molar-refractivity contribution in [3.05, 3.63) is 35.7 Å². The third-order valence-electron chi connectivity index (χ3n) is 3.95. The molecule has 2 aromatic heterocycles. The maximum atomic E-state index is 5.23. The smallest absolute Gasteiger partial charge is 0.226 e. The molecule has 0 aliphatic heterocycles. The van der Waals surface area contributed by atoms with Gasteiger partial charge in [-0.05, 0) is 43.4 Å². The number of nitrogens with one attached hydrogen (secondary N) is 1. The van der Waals surface area contributed by atoms with Gasteiger partial charge in [-0.2, -0.15) is 4.98 Å². The largest absolute Gasteiger partial charge is 0.346 e. The van der Waals surface area contributed by atoms with Gasteiger partial charge < -0.3 is 14.4 Å². The highest BCUT2D eigenvalue weighted by atomic mass is 16.5. The van der Waals surface area contributed by atoms with Crippen molar-refractivity contribution < 1.29 is 4.52 Å². The Morgan fingerprint density at radius 1 is 1.43 bits per heavy atom. The number of aryl methyl sites for hydroxylation is 1. The quantitative estimate of drug-likeness (QED) is 0.811. The Hall–Kier alpha value is -1.62. The minimum absolute atomic E-state index is 0.497. The van der Waals surface area contributed by atoms with E-state index >= 15 is 0 Å². The van der Waals surface area contributed by atoms with Crippen LogP contribution in [0.5, 0.6) is 0 Å². The van der Waals surface area contributed by atoms with Gasteiger partial charge in [0.25, 0.3) is 0 Å². The molecule has 3 rings (SSSR count). The molecule has 21 heavy (non-hydrogen) atoms. The lowest BCUT2D eigenvalue weighted by atomic mass is 10.1. The predicted molar refractivity (Wildman–Crippen MR) is 81.0 cm³/mol. The van der Waals surface area contributed by atoms with Gasteiger partial charge in [0.05, 0.1) is 6.54 Å². The number of hydrogen-bond donors (Lipinski definition) is 1. The van der Waals surface area contributed by atoms with Crippen LogP contribution in [-0.2, 0) is 13.0 Å². The Bertz CT molecular complexity index is 570. The molecule has 1 fully saturated rings. The normalized spacial score (nSPS) is 16.3. The monoisotopic (exact) mass is 288 g/mol. The van der Waals surface area contributed by atoms with Crippen molar-refractivity contribution in [1.29, 1.82) is 0 Å². The third-order valence-corrected chi connectivity index (χ3v) is 3.95. The molecule has 2 heterocycles. The van der Waals surface area contributed by atoms with Crippen LogP contribution in [-0.4, -0.2) is 21.3 Å². The highest BCUT2D eigenvalue weighted by molar-refractivity contribution is 5.18. The summed E-state index contributed by atoms with van der Waals surface area (Å²) < 4.78 is 7.37. The lowest BCUT2D eigenvalue weighted by molar-refractivity contribution is 0.371. The second-order valence-corrected chi connectivity index (χ2v) is 5.84. The molecule has 2 aromatic rings. The van der Waals surface area contributed by atoms with Crippen LogP contribution in [0.4, 0.5) is 0 Å². The molecular formula is C16H24N4O. The predicted octanol–water partition coefficient (Wildman–Crippen LogP) is 2.93. The minimum atomic E-state index is 0.497. The van der Waals surface area contributed by atoms with Crippen molar-refractivity contribution in [2.45, 2.75) is 52.1 Å². The van der Waals surface area contributed by atoms with Crippen LogP contribution in [0.3, 0.4) is 0 Å². The summed E-state index contributed by atoms with van der Waals surface area (Å²) in [4.78, 5) is 4.42. The number of nitrogens with zero attached hydrogens (tertiary/aromatic N) is 3. The van der Waals surface area contributed by atoms with Gasteiger partial charge in [-0.25, -0.2) is 0 Å². The Kier molecular flexibility index (Phi) is 4.39. The molecule has 5 heteroatoms. The number of aromatic nitrogens is 3. The van der Waals surface area contributed by atoms with Crippen LogP contribution in [0.25, 0.3) is 0 Å². The lowest BCUT2D eigenvalue weighted by Gasteiger charge is -2.15. The molecule has 1 aliphatic carbocycles. The molecule has 0 aromatic carbocycles. The lowest BCUT2D eigenvalue weighted by Crippen LogP contribution is -2.22. The zero-order valence-corrected chi connectivity index (χ0v) is 12.9. The Morgan fingerprint density at radius 3 is 3.00 bits per heavy atom. The first-order valence-electron chi connectivity index (χ1n) is 8.00. The van der Waals surface area contributed by atoms with Crippen LogP contribution in [0.1, 0.15) is 56.4 Å². The van der Waals surface area contributed by atoms with E-state index in [1.807, 2.05) is 0 Å². The van der Waals surface area contributed by atoms with Crippen LogP contribution in [0.2, 0.25) is 0 Å². The fourth-order valence-electron chi connectivity index (χ4n) is 2.78. The van der Waals surface area contributed by atoms with Gasteiger partial charge in [0.1, 0.15) is 0 Å². The van der Waals surface area contributed by atoms with E-state index in [9.17, 15) is 0 Å². The van der Waals surface area contributed by atoms with Crippen LogP contribution >= 0.6 is 0 Å². The van der Waals surface area contributed by atoms with Crippen molar-refractivity contribution in [2.75, 3.05) is 6.54 Å². The summed E-state index contributed by atoms with van der Waals surface area (Å²) in [5.74, 6) is 2.30. The van der Waals surface area contributed by atoms with Gasteiger partial charge in [0.15, 0.2) is 5.82 Å². The molecule has 1 unspecified atom stereocenters. The third kappa shape index (κ3) is 3.53. The zero-order chi connectivity index (χ0) is 14.7. The first-order chi connectivity index (χ1) is 10.3. The number of rotatable bonds is 8. The average molecular weight is 288 g/mol. The maximum absolute atomic E-state index is 5.23. The molecule has 0 spiro atoms. The van der Waals surface area contributed by atoms with E-state index in [1.54, 1.807) is 0 Å². The molecular weight excluding hydrogens is 264 g/mol. The summed E-state index contributed by atoms with van der Waals surface area (Å²) in [5.41, 5.74) is 1.37. The van der Waals surface area contributed by atoms with Crippen molar-refractivity contribution in [3.8, 4) is 0 Å². The van der Waals surface area contributed by atoms with Gasteiger partial charge in [0, 0.05) is 24.9 Å². The van der Waals surface area contributed by atoms with Gasteiger partial charge in [-0.15, -0.1) is 0 Å². The molecule has 5 nitrogen and oxygen atoms in total. The summed E-state index contributed by atoms with van der Waals surface area (Å²) in [5, 5.41) is 7.64. The van der Waals surface area contributed by atoms with E-state index in [0.29, 0.717) is 12.6 Å². The maximum Gasteiger partial charge on any atom is 0.226 e. The first-order valence-corrected chi connectivity index (χ1v) is 8.00. The topological polar surface area (TPSA) is 55.9 Å². The van der Waals surface area contributed by atoms with Crippen LogP contribution < -0.4 is 5.32 Å². The Balaban J connectivity index is 1.66. The molecule has 1 atom stereocenters. The zero-order valence-electron chi connectivity index (χ0n) is 12.9. The van der Waals surface area contributed by atoms with E-state index in [1.165, 1.54) is 18.4 Å². The van der Waals surface area contributed by atoms with E-state index < -0.39 is 0 Å². The van der Waals surface area contributed by atoms with Gasteiger partial charge in [0.2, 0.25) is 5.89 Å². The Morgan fingerprint density at radius 2 is 2.29 bits per heavy atom. The molecule has 1 aliphatic rings. The van der Waals surface area contributed by atoms with Crippen molar-refractivity contribution in [1.82, 2.24) is 20.0 Å². The van der Waals surface area contributed by atoms with Gasteiger partial charge >= 0.3 is 0 Å².